The van der Waals surface area contributed by atoms with Crippen LogP contribution in [0.2, 0.25) is 10.0 Å². The van der Waals surface area contributed by atoms with Crippen LogP contribution in [0.5, 0.6) is 0 Å². The Balaban J connectivity index is 2.23. The average molecular weight is 282 g/mol. The van der Waals surface area contributed by atoms with Gasteiger partial charge < -0.3 is 5.32 Å². The molecule has 0 aliphatic heterocycles. The minimum Gasteiger partial charge on any atom is -0.369 e. The molecule has 0 bridgehead atoms. The molecule has 1 aromatic heterocycles. The van der Waals surface area contributed by atoms with Crippen LogP contribution in [-0.2, 0) is 0 Å². The third kappa shape index (κ3) is 3.34. The first-order valence-electron chi connectivity index (χ1n) is 5.73. The summed E-state index contributed by atoms with van der Waals surface area (Å²) < 4.78 is 0. The highest BCUT2D eigenvalue weighted by Crippen LogP contribution is 2.25. The van der Waals surface area contributed by atoms with E-state index in [0.29, 0.717) is 10.0 Å². The van der Waals surface area contributed by atoms with Crippen LogP contribution in [0.3, 0.4) is 0 Å². The normalized spacial score (nSPS) is 10.4. The predicted octanol–water partition coefficient (Wildman–Crippen LogP) is 4.27. The van der Waals surface area contributed by atoms with Gasteiger partial charge in [0.1, 0.15) is 5.82 Å². The van der Waals surface area contributed by atoms with Gasteiger partial charge in [-0.25, -0.2) is 0 Å². The number of rotatable bonds is 4. The van der Waals surface area contributed by atoms with Crippen LogP contribution in [0.15, 0.2) is 30.3 Å². The molecule has 0 aliphatic carbocycles. The Morgan fingerprint density at radius 3 is 2.33 bits per heavy atom. The summed E-state index contributed by atoms with van der Waals surface area (Å²) in [6, 6.07) is 9.12. The van der Waals surface area contributed by atoms with Crippen molar-refractivity contribution in [1.29, 1.82) is 0 Å². The molecule has 0 saturated heterocycles. The fourth-order valence-corrected chi connectivity index (χ4v) is 2.06. The summed E-state index contributed by atoms with van der Waals surface area (Å²) in [5.41, 5.74) is 1.61. The monoisotopic (exact) mass is 281 g/mol. The molecule has 1 aromatic carbocycles. The van der Waals surface area contributed by atoms with E-state index in [2.05, 4.69) is 22.4 Å². The summed E-state index contributed by atoms with van der Waals surface area (Å²) in [7, 11) is 0. The Bertz CT molecular complexity index is 506. The molecule has 0 spiro atoms. The molecule has 0 aliphatic rings. The summed E-state index contributed by atoms with van der Waals surface area (Å²) >= 11 is 11.9. The van der Waals surface area contributed by atoms with E-state index in [-0.39, 0.29) is 0 Å². The molecular weight excluding hydrogens is 269 g/mol. The van der Waals surface area contributed by atoms with Crippen molar-refractivity contribution in [1.82, 2.24) is 10.2 Å². The molecule has 0 atom stereocenters. The van der Waals surface area contributed by atoms with E-state index in [0.717, 1.165) is 30.0 Å². The van der Waals surface area contributed by atoms with Gasteiger partial charge in [0.15, 0.2) is 0 Å². The molecule has 0 saturated carbocycles. The van der Waals surface area contributed by atoms with Gasteiger partial charge in [0, 0.05) is 22.2 Å². The fourth-order valence-electron chi connectivity index (χ4n) is 1.54. The van der Waals surface area contributed by atoms with Crippen LogP contribution in [-0.4, -0.2) is 16.7 Å². The highest BCUT2D eigenvalue weighted by molar-refractivity contribution is 6.35. The number of nitrogens with one attached hydrogen (secondary N) is 1. The molecule has 0 fully saturated rings. The van der Waals surface area contributed by atoms with Crippen molar-refractivity contribution in [3.05, 3.63) is 40.4 Å². The van der Waals surface area contributed by atoms with Gasteiger partial charge in [0.2, 0.25) is 0 Å². The highest BCUT2D eigenvalue weighted by Gasteiger charge is 2.03. The summed E-state index contributed by atoms with van der Waals surface area (Å²) in [6.07, 6.45) is 1.05. The standard InChI is InChI=1S/C13H13Cl2N3/c1-2-5-16-13-4-3-12(17-18-13)9-6-10(14)8-11(15)7-9/h3-4,6-8H,2,5H2,1H3,(H,16,18). The second kappa shape index (κ2) is 6.03. The van der Waals surface area contributed by atoms with E-state index in [9.17, 15) is 0 Å². The fraction of sp³-hybridized carbons (Fsp3) is 0.231. The van der Waals surface area contributed by atoms with E-state index in [1.807, 2.05) is 24.3 Å². The minimum absolute atomic E-state index is 0.590. The second-order valence-electron chi connectivity index (χ2n) is 3.89. The van der Waals surface area contributed by atoms with Gasteiger partial charge in [-0.2, -0.15) is 0 Å². The number of aromatic nitrogens is 2. The first-order chi connectivity index (χ1) is 8.69. The summed E-state index contributed by atoms with van der Waals surface area (Å²) in [5, 5.41) is 12.6. The summed E-state index contributed by atoms with van der Waals surface area (Å²) in [6.45, 7) is 2.99. The Morgan fingerprint density at radius 2 is 1.78 bits per heavy atom. The van der Waals surface area contributed by atoms with Crippen LogP contribution >= 0.6 is 23.2 Å². The van der Waals surface area contributed by atoms with E-state index >= 15 is 0 Å². The molecule has 3 nitrogen and oxygen atoms in total. The van der Waals surface area contributed by atoms with E-state index < -0.39 is 0 Å². The minimum atomic E-state index is 0.590. The zero-order valence-electron chi connectivity index (χ0n) is 9.95. The molecule has 0 amide bonds. The van der Waals surface area contributed by atoms with Crippen molar-refractivity contribution in [2.45, 2.75) is 13.3 Å². The van der Waals surface area contributed by atoms with Crippen LogP contribution in [0.1, 0.15) is 13.3 Å². The van der Waals surface area contributed by atoms with E-state index in [1.54, 1.807) is 6.07 Å². The first-order valence-corrected chi connectivity index (χ1v) is 6.48. The Morgan fingerprint density at radius 1 is 1.06 bits per heavy atom. The quantitative estimate of drug-likeness (QED) is 0.909. The number of halogens is 2. The van der Waals surface area contributed by atoms with E-state index in [1.165, 1.54) is 0 Å². The first kappa shape index (κ1) is 13.1. The molecule has 0 unspecified atom stereocenters. The van der Waals surface area contributed by atoms with Crippen molar-refractivity contribution in [3.8, 4) is 11.3 Å². The molecule has 0 radical (unpaired) electrons. The highest BCUT2D eigenvalue weighted by atomic mass is 35.5. The van der Waals surface area contributed by atoms with Crippen LogP contribution in [0, 0.1) is 0 Å². The lowest BCUT2D eigenvalue weighted by molar-refractivity contribution is 0.945. The Kier molecular flexibility index (Phi) is 4.39. The van der Waals surface area contributed by atoms with Gasteiger partial charge in [-0.15, -0.1) is 10.2 Å². The lowest BCUT2D eigenvalue weighted by atomic mass is 10.1. The number of nitrogens with zero attached hydrogens (tertiary/aromatic N) is 2. The molecule has 1 N–H and O–H groups in total. The van der Waals surface area contributed by atoms with E-state index in [4.69, 9.17) is 23.2 Å². The van der Waals surface area contributed by atoms with Gasteiger partial charge >= 0.3 is 0 Å². The molecule has 2 rings (SSSR count). The zero-order chi connectivity index (χ0) is 13.0. The smallest absolute Gasteiger partial charge is 0.148 e. The maximum atomic E-state index is 5.95. The molecule has 94 valence electrons. The third-order valence-electron chi connectivity index (χ3n) is 2.38. The summed E-state index contributed by atoms with van der Waals surface area (Å²) in [4.78, 5) is 0. The average Bonchev–Trinajstić information content (AvgIpc) is 2.36. The SMILES string of the molecule is CCCNc1ccc(-c2cc(Cl)cc(Cl)c2)nn1. The molecule has 5 heteroatoms. The van der Waals surface area contributed by atoms with Gasteiger partial charge in [-0.3, -0.25) is 0 Å². The van der Waals surface area contributed by atoms with Gasteiger partial charge in [0.05, 0.1) is 5.69 Å². The number of benzene rings is 1. The number of hydrogen-bond donors (Lipinski definition) is 1. The van der Waals surface area contributed by atoms with Crippen molar-refractivity contribution in [2.75, 3.05) is 11.9 Å². The van der Waals surface area contributed by atoms with Crippen molar-refractivity contribution >= 4 is 29.0 Å². The molecular formula is C13H13Cl2N3. The van der Waals surface area contributed by atoms with Crippen molar-refractivity contribution in [2.24, 2.45) is 0 Å². The third-order valence-corrected chi connectivity index (χ3v) is 2.82. The van der Waals surface area contributed by atoms with Gasteiger partial charge in [-0.05, 0) is 36.8 Å². The van der Waals surface area contributed by atoms with Gasteiger partial charge in [-0.1, -0.05) is 30.1 Å². The number of anilines is 1. The van der Waals surface area contributed by atoms with Crippen LogP contribution in [0.25, 0.3) is 11.3 Å². The Hall–Kier alpha value is -1.32. The molecule has 2 aromatic rings. The maximum Gasteiger partial charge on any atom is 0.148 e. The molecule has 18 heavy (non-hydrogen) atoms. The largest absolute Gasteiger partial charge is 0.369 e. The maximum absolute atomic E-state index is 5.95. The molecule has 1 heterocycles. The van der Waals surface area contributed by atoms with Crippen molar-refractivity contribution in [3.63, 3.8) is 0 Å². The number of hydrogen-bond acceptors (Lipinski definition) is 3. The second-order valence-corrected chi connectivity index (χ2v) is 4.76. The lowest BCUT2D eigenvalue weighted by Crippen LogP contribution is -2.02. The Labute approximate surface area is 116 Å². The lowest BCUT2D eigenvalue weighted by Gasteiger charge is -2.05. The van der Waals surface area contributed by atoms with Gasteiger partial charge in [0.25, 0.3) is 0 Å². The topological polar surface area (TPSA) is 37.8 Å². The van der Waals surface area contributed by atoms with Crippen LogP contribution < -0.4 is 5.32 Å². The van der Waals surface area contributed by atoms with Crippen LogP contribution in [0.4, 0.5) is 5.82 Å². The van der Waals surface area contributed by atoms with Crippen molar-refractivity contribution < 1.29 is 0 Å². The predicted molar refractivity (Wildman–Crippen MR) is 76.3 cm³/mol. The zero-order valence-corrected chi connectivity index (χ0v) is 11.5. The summed E-state index contributed by atoms with van der Waals surface area (Å²) in [5.74, 6) is 0.772.